The molecule has 0 radical (unpaired) electrons. The minimum absolute atomic E-state index is 0.0149. The van der Waals surface area contributed by atoms with Gasteiger partial charge in [-0.2, -0.15) is 0 Å². The van der Waals surface area contributed by atoms with Crippen molar-refractivity contribution in [3.63, 3.8) is 0 Å². The van der Waals surface area contributed by atoms with Gasteiger partial charge in [0.1, 0.15) is 0 Å². The van der Waals surface area contributed by atoms with Crippen molar-refractivity contribution in [1.82, 2.24) is 4.90 Å². The second-order valence-corrected chi connectivity index (χ2v) is 5.92. The summed E-state index contributed by atoms with van der Waals surface area (Å²) in [5.74, 6) is 0.790. The van der Waals surface area contributed by atoms with E-state index in [4.69, 9.17) is 5.73 Å². The van der Waals surface area contributed by atoms with Crippen molar-refractivity contribution in [3.8, 4) is 0 Å². The molecule has 1 atom stereocenters. The molecule has 1 fully saturated rings. The Bertz CT molecular complexity index is 480. The summed E-state index contributed by atoms with van der Waals surface area (Å²) in [7, 11) is 0. The molecule has 3 N–H and O–H groups in total. The molecular formula is C16H23N3O. The summed E-state index contributed by atoms with van der Waals surface area (Å²) in [5.41, 5.74) is 7.97. The molecule has 2 heterocycles. The first-order chi connectivity index (χ1) is 9.78. The molecule has 1 unspecified atom stereocenters. The predicted molar refractivity (Wildman–Crippen MR) is 80.5 cm³/mol. The number of hydrogen-bond donors (Lipinski definition) is 2. The van der Waals surface area contributed by atoms with Crippen molar-refractivity contribution in [3.05, 3.63) is 29.8 Å². The number of anilines is 1. The topological polar surface area (TPSA) is 58.4 Å². The highest BCUT2D eigenvalue weighted by Crippen LogP contribution is 2.26. The Morgan fingerprint density at radius 2 is 1.95 bits per heavy atom. The molecule has 108 valence electrons. The normalized spacial score (nSPS) is 24.9. The van der Waals surface area contributed by atoms with E-state index in [0.29, 0.717) is 5.92 Å². The highest BCUT2D eigenvalue weighted by Gasteiger charge is 2.31. The van der Waals surface area contributed by atoms with E-state index in [1.165, 1.54) is 5.56 Å². The van der Waals surface area contributed by atoms with E-state index in [0.717, 1.165) is 51.0 Å². The number of para-hydroxylation sites is 1. The molecule has 4 nitrogen and oxygen atoms in total. The minimum atomic E-state index is 0.0149. The first kappa shape index (κ1) is 13.6. The fraction of sp³-hybridized carbons (Fsp3) is 0.562. The van der Waals surface area contributed by atoms with Gasteiger partial charge in [-0.1, -0.05) is 18.2 Å². The summed E-state index contributed by atoms with van der Waals surface area (Å²) >= 11 is 0. The number of likely N-dealkylation sites (tertiary alicyclic amines) is 1. The van der Waals surface area contributed by atoms with Crippen molar-refractivity contribution in [2.45, 2.75) is 31.7 Å². The van der Waals surface area contributed by atoms with Crippen LogP contribution in [-0.4, -0.2) is 36.5 Å². The number of rotatable bonds is 2. The predicted octanol–water partition coefficient (Wildman–Crippen LogP) is 1.61. The number of nitrogens with zero attached hydrogens (tertiary/aromatic N) is 1. The van der Waals surface area contributed by atoms with Crippen LogP contribution < -0.4 is 11.1 Å². The Balaban J connectivity index is 1.69. The van der Waals surface area contributed by atoms with Crippen LogP contribution in [0, 0.1) is 5.92 Å². The van der Waals surface area contributed by atoms with Crippen molar-refractivity contribution in [2.75, 3.05) is 25.0 Å². The number of aryl methyl sites for hydroxylation is 1. The zero-order valence-corrected chi connectivity index (χ0v) is 11.8. The van der Waals surface area contributed by atoms with Gasteiger partial charge in [0.05, 0.1) is 6.04 Å². The molecule has 2 aliphatic rings. The van der Waals surface area contributed by atoms with E-state index in [2.05, 4.69) is 16.3 Å². The molecule has 0 aliphatic carbocycles. The molecule has 0 saturated carbocycles. The molecule has 1 amide bonds. The zero-order valence-electron chi connectivity index (χ0n) is 11.8. The van der Waals surface area contributed by atoms with E-state index >= 15 is 0 Å². The van der Waals surface area contributed by atoms with Crippen molar-refractivity contribution in [2.24, 2.45) is 11.7 Å². The van der Waals surface area contributed by atoms with Gasteiger partial charge < -0.3 is 11.1 Å². The molecule has 0 aromatic heterocycles. The number of hydrogen-bond acceptors (Lipinski definition) is 3. The minimum Gasteiger partial charge on any atom is -0.330 e. The van der Waals surface area contributed by atoms with Gasteiger partial charge in [0, 0.05) is 5.69 Å². The fourth-order valence-electron chi connectivity index (χ4n) is 3.35. The number of fused-ring (bicyclic) bond motifs is 1. The quantitative estimate of drug-likeness (QED) is 0.860. The van der Waals surface area contributed by atoms with E-state index < -0.39 is 0 Å². The van der Waals surface area contributed by atoms with Gasteiger partial charge in [0.15, 0.2) is 0 Å². The van der Waals surface area contributed by atoms with E-state index in [1.807, 2.05) is 18.2 Å². The summed E-state index contributed by atoms with van der Waals surface area (Å²) in [6, 6.07) is 8.14. The van der Waals surface area contributed by atoms with Crippen LogP contribution in [0.1, 0.15) is 24.8 Å². The van der Waals surface area contributed by atoms with Crippen LogP contribution in [0.25, 0.3) is 0 Å². The van der Waals surface area contributed by atoms with Crippen molar-refractivity contribution < 1.29 is 4.79 Å². The van der Waals surface area contributed by atoms with Gasteiger partial charge in [0.2, 0.25) is 5.91 Å². The van der Waals surface area contributed by atoms with Gasteiger partial charge in [-0.15, -0.1) is 0 Å². The monoisotopic (exact) mass is 273 g/mol. The largest absolute Gasteiger partial charge is 0.330 e. The van der Waals surface area contributed by atoms with Crippen molar-refractivity contribution >= 4 is 11.6 Å². The second kappa shape index (κ2) is 5.94. The third-order valence-electron chi connectivity index (χ3n) is 4.69. The van der Waals surface area contributed by atoms with Gasteiger partial charge in [0.25, 0.3) is 0 Å². The van der Waals surface area contributed by atoms with Gasteiger partial charge in [-0.3, -0.25) is 9.69 Å². The first-order valence-electron chi connectivity index (χ1n) is 7.61. The van der Waals surface area contributed by atoms with Crippen LogP contribution >= 0.6 is 0 Å². The Morgan fingerprint density at radius 1 is 1.20 bits per heavy atom. The van der Waals surface area contributed by atoms with Crippen molar-refractivity contribution in [1.29, 1.82) is 0 Å². The van der Waals surface area contributed by atoms with Crippen LogP contribution in [-0.2, 0) is 11.2 Å². The Hall–Kier alpha value is -1.39. The summed E-state index contributed by atoms with van der Waals surface area (Å²) in [4.78, 5) is 14.8. The Morgan fingerprint density at radius 3 is 2.70 bits per heavy atom. The number of benzene rings is 1. The zero-order chi connectivity index (χ0) is 13.9. The van der Waals surface area contributed by atoms with E-state index in [1.54, 1.807) is 0 Å². The first-order valence-corrected chi connectivity index (χ1v) is 7.61. The van der Waals surface area contributed by atoms with Crippen LogP contribution in [0.4, 0.5) is 5.69 Å². The molecule has 1 aromatic carbocycles. The summed E-state index contributed by atoms with van der Waals surface area (Å²) < 4.78 is 0. The molecule has 3 rings (SSSR count). The SMILES string of the molecule is NCC1CCN(C2CCc3ccccc3NC2=O)CC1. The number of amides is 1. The Kier molecular flexibility index (Phi) is 4.03. The lowest BCUT2D eigenvalue weighted by atomic mass is 9.95. The number of nitrogens with one attached hydrogen (secondary N) is 1. The van der Waals surface area contributed by atoms with Crippen LogP contribution in [0.2, 0.25) is 0 Å². The van der Waals surface area contributed by atoms with Crippen LogP contribution in [0.5, 0.6) is 0 Å². The van der Waals surface area contributed by atoms with Gasteiger partial charge in [-0.25, -0.2) is 0 Å². The molecule has 2 aliphatic heterocycles. The third kappa shape index (κ3) is 2.72. The third-order valence-corrected chi connectivity index (χ3v) is 4.69. The molecule has 1 aromatic rings. The van der Waals surface area contributed by atoms with E-state index in [9.17, 15) is 4.79 Å². The lowest BCUT2D eigenvalue weighted by Gasteiger charge is -2.35. The maximum Gasteiger partial charge on any atom is 0.241 e. The maximum atomic E-state index is 12.4. The van der Waals surface area contributed by atoms with Gasteiger partial charge >= 0.3 is 0 Å². The maximum absolute atomic E-state index is 12.4. The lowest BCUT2D eigenvalue weighted by Crippen LogP contribution is -2.48. The van der Waals surface area contributed by atoms with E-state index in [-0.39, 0.29) is 11.9 Å². The fourth-order valence-corrected chi connectivity index (χ4v) is 3.35. The Labute approximate surface area is 120 Å². The summed E-state index contributed by atoms with van der Waals surface area (Å²) in [6.07, 6.45) is 4.12. The molecule has 0 spiro atoms. The van der Waals surface area contributed by atoms with Gasteiger partial charge in [-0.05, 0) is 62.9 Å². The number of carbonyl (C=O) groups excluding carboxylic acids is 1. The molecule has 20 heavy (non-hydrogen) atoms. The smallest absolute Gasteiger partial charge is 0.241 e. The highest BCUT2D eigenvalue weighted by molar-refractivity contribution is 5.96. The highest BCUT2D eigenvalue weighted by atomic mass is 16.2. The number of carbonyl (C=O) groups is 1. The number of nitrogens with two attached hydrogens (primary N) is 1. The standard InChI is InChI=1S/C16H23N3O/c17-11-12-7-9-19(10-8-12)15-6-5-13-3-1-2-4-14(13)18-16(15)20/h1-4,12,15H,5-11,17H2,(H,18,20). The summed E-state index contributed by atoms with van der Waals surface area (Å²) in [5, 5.41) is 3.09. The lowest BCUT2D eigenvalue weighted by molar-refractivity contribution is -0.122. The average Bonchev–Trinajstić information content (AvgIpc) is 2.66. The summed E-state index contributed by atoms with van der Waals surface area (Å²) in [6.45, 7) is 2.77. The molecular weight excluding hydrogens is 250 g/mol. The average molecular weight is 273 g/mol. The van der Waals surface area contributed by atoms with Crippen LogP contribution in [0.15, 0.2) is 24.3 Å². The number of piperidine rings is 1. The molecule has 1 saturated heterocycles. The van der Waals surface area contributed by atoms with Crippen LogP contribution in [0.3, 0.4) is 0 Å². The molecule has 4 heteroatoms. The second-order valence-electron chi connectivity index (χ2n) is 5.92. The molecule has 0 bridgehead atoms.